The molecule has 1 aliphatic heterocycles. The van der Waals surface area contributed by atoms with E-state index < -0.39 is 0 Å². The summed E-state index contributed by atoms with van der Waals surface area (Å²) in [5.74, 6) is 1.91. The van der Waals surface area contributed by atoms with Gasteiger partial charge in [0, 0.05) is 17.0 Å². The molecule has 1 N–H and O–H groups in total. The van der Waals surface area contributed by atoms with Gasteiger partial charge in [-0.05, 0) is 36.1 Å². The number of hydrogen-bond acceptors (Lipinski definition) is 2. The minimum absolute atomic E-state index is 0.588. The Kier molecular flexibility index (Phi) is 4.38. The second kappa shape index (κ2) is 5.81. The minimum atomic E-state index is 0.588. The molecule has 1 aliphatic rings. The summed E-state index contributed by atoms with van der Waals surface area (Å²) >= 11 is 2.10. The maximum atomic E-state index is 3.76. The van der Waals surface area contributed by atoms with Gasteiger partial charge in [-0.15, -0.1) is 0 Å². The van der Waals surface area contributed by atoms with E-state index >= 15 is 0 Å². The lowest BCUT2D eigenvalue weighted by atomic mass is 9.99. The molecule has 1 aromatic carbocycles. The van der Waals surface area contributed by atoms with E-state index in [-0.39, 0.29) is 0 Å². The maximum Gasteiger partial charge on any atom is 0.0377 e. The first kappa shape index (κ1) is 12.8. The van der Waals surface area contributed by atoms with Crippen LogP contribution in [0, 0.1) is 0 Å². The van der Waals surface area contributed by atoms with E-state index in [1.165, 1.54) is 29.8 Å². The van der Waals surface area contributed by atoms with Gasteiger partial charge in [-0.1, -0.05) is 39.0 Å². The number of hydrogen-bond donors (Lipinski definition) is 1. The van der Waals surface area contributed by atoms with Crippen molar-refractivity contribution in [3.63, 3.8) is 0 Å². The predicted octanol–water partition coefficient (Wildman–Crippen LogP) is 4.51. The third kappa shape index (κ3) is 3.19. The normalized spacial score (nSPS) is 24.9. The predicted molar refractivity (Wildman–Crippen MR) is 79.1 cm³/mol. The van der Waals surface area contributed by atoms with Crippen molar-refractivity contribution >= 4 is 17.4 Å². The SMILES string of the molecule is CC(C)c1ccccc1NC1CCCSC1C. The van der Waals surface area contributed by atoms with Crippen molar-refractivity contribution in [2.75, 3.05) is 11.1 Å². The summed E-state index contributed by atoms with van der Waals surface area (Å²) in [6, 6.07) is 9.37. The molecule has 2 unspecified atom stereocenters. The first-order chi connectivity index (χ1) is 8.18. The summed E-state index contributed by atoms with van der Waals surface area (Å²) < 4.78 is 0. The van der Waals surface area contributed by atoms with Crippen LogP contribution < -0.4 is 5.32 Å². The number of rotatable bonds is 3. The Morgan fingerprint density at radius 3 is 2.76 bits per heavy atom. The van der Waals surface area contributed by atoms with Gasteiger partial charge in [-0.25, -0.2) is 0 Å². The first-order valence-corrected chi connectivity index (χ1v) is 7.70. The second-order valence-corrected chi connectivity index (χ2v) is 6.70. The summed E-state index contributed by atoms with van der Waals surface area (Å²) in [6.45, 7) is 6.87. The van der Waals surface area contributed by atoms with Crippen molar-refractivity contribution < 1.29 is 0 Å². The molecule has 1 aromatic rings. The molecule has 0 aliphatic carbocycles. The summed E-state index contributed by atoms with van der Waals surface area (Å²) in [7, 11) is 0. The molecule has 2 rings (SSSR count). The molecular weight excluding hydrogens is 226 g/mol. The molecular formula is C15H23NS. The molecule has 94 valence electrons. The van der Waals surface area contributed by atoms with Crippen molar-refractivity contribution in [2.45, 2.75) is 50.8 Å². The lowest BCUT2D eigenvalue weighted by molar-refractivity contribution is 0.616. The molecule has 1 fully saturated rings. The molecule has 1 saturated heterocycles. The van der Waals surface area contributed by atoms with E-state index in [0.717, 1.165) is 5.25 Å². The Bertz CT molecular complexity index is 362. The van der Waals surface area contributed by atoms with Gasteiger partial charge in [0.1, 0.15) is 0 Å². The van der Waals surface area contributed by atoms with E-state index in [0.29, 0.717) is 12.0 Å². The van der Waals surface area contributed by atoms with Gasteiger partial charge in [-0.2, -0.15) is 11.8 Å². The smallest absolute Gasteiger partial charge is 0.0377 e. The lowest BCUT2D eigenvalue weighted by Crippen LogP contribution is -2.33. The fourth-order valence-corrected chi connectivity index (χ4v) is 3.59. The molecule has 0 radical (unpaired) electrons. The molecule has 1 heterocycles. The van der Waals surface area contributed by atoms with Crippen molar-refractivity contribution in [2.24, 2.45) is 0 Å². The van der Waals surface area contributed by atoms with Crippen LogP contribution >= 0.6 is 11.8 Å². The maximum absolute atomic E-state index is 3.76. The lowest BCUT2D eigenvalue weighted by Gasteiger charge is -2.31. The summed E-state index contributed by atoms with van der Waals surface area (Å²) in [5.41, 5.74) is 2.78. The molecule has 0 bridgehead atoms. The average Bonchev–Trinajstić information content (AvgIpc) is 2.32. The Hall–Kier alpha value is -0.630. The van der Waals surface area contributed by atoms with Gasteiger partial charge in [0.2, 0.25) is 0 Å². The van der Waals surface area contributed by atoms with Gasteiger partial charge in [0.15, 0.2) is 0 Å². The molecule has 0 aromatic heterocycles. The van der Waals surface area contributed by atoms with E-state index in [2.05, 4.69) is 62.1 Å². The van der Waals surface area contributed by atoms with Crippen molar-refractivity contribution in [3.8, 4) is 0 Å². The van der Waals surface area contributed by atoms with Gasteiger partial charge in [-0.3, -0.25) is 0 Å². The van der Waals surface area contributed by atoms with Crippen LogP contribution in [0.25, 0.3) is 0 Å². The van der Waals surface area contributed by atoms with Crippen molar-refractivity contribution in [3.05, 3.63) is 29.8 Å². The van der Waals surface area contributed by atoms with Crippen molar-refractivity contribution in [1.29, 1.82) is 0 Å². The second-order valence-electron chi connectivity index (χ2n) is 5.21. The van der Waals surface area contributed by atoms with Crippen LogP contribution in [0.3, 0.4) is 0 Å². The quantitative estimate of drug-likeness (QED) is 0.846. The number of nitrogens with one attached hydrogen (secondary N) is 1. The highest BCUT2D eigenvalue weighted by Gasteiger charge is 2.22. The zero-order valence-corrected chi connectivity index (χ0v) is 11.9. The Morgan fingerprint density at radius 1 is 1.29 bits per heavy atom. The number of para-hydroxylation sites is 1. The molecule has 1 nitrogen and oxygen atoms in total. The molecule has 2 heteroatoms. The summed E-state index contributed by atoms with van der Waals surface area (Å²) in [6.07, 6.45) is 2.65. The number of thioether (sulfide) groups is 1. The fraction of sp³-hybridized carbons (Fsp3) is 0.600. The van der Waals surface area contributed by atoms with Crippen molar-refractivity contribution in [1.82, 2.24) is 0 Å². The zero-order valence-electron chi connectivity index (χ0n) is 11.1. The highest BCUT2D eigenvalue weighted by Crippen LogP contribution is 2.30. The third-order valence-corrected chi connectivity index (χ3v) is 4.91. The Balaban J connectivity index is 2.12. The van der Waals surface area contributed by atoms with Crippen LogP contribution in [0.4, 0.5) is 5.69 Å². The monoisotopic (exact) mass is 249 g/mol. The third-order valence-electron chi connectivity index (χ3n) is 3.53. The molecule has 0 amide bonds. The van der Waals surface area contributed by atoms with Gasteiger partial charge in [0.25, 0.3) is 0 Å². The standard InChI is InChI=1S/C15H23NS/c1-11(2)13-7-4-5-8-15(13)16-14-9-6-10-17-12(14)3/h4-5,7-8,11-12,14,16H,6,9-10H2,1-3H3. The van der Waals surface area contributed by atoms with Gasteiger partial charge in [0.05, 0.1) is 0 Å². The first-order valence-electron chi connectivity index (χ1n) is 6.65. The molecule has 2 atom stereocenters. The highest BCUT2D eigenvalue weighted by molar-refractivity contribution is 8.00. The molecule has 17 heavy (non-hydrogen) atoms. The highest BCUT2D eigenvalue weighted by atomic mass is 32.2. The van der Waals surface area contributed by atoms with Gasteiger partial charge < -0.3 is 5.32 Å². The van der Waals surface area contributed by atoms with E-state index in [1.54, 1.807) is 0 Å². The zero-order chi connectivity index (χ0) is 12.3. The number of anilines is 1. The Labute approximate surface area is 109 Å². The van der Waals surface area contributed by atoms with E-state index in [4.69, 9.17) is 0 Å². The minimum Gasteiger partial charge on any atom is -0.381 e. The van der Waals surface area contributed by atoms with Crippen LogP contribution in [-0.2, 0) is 0 Å². The Morgan fingerprint density at radius 2 is 2.06 bits per heavy atom. The largest absolute Gasteiger partial charge is 0.381 e. The van der Waals surface area contributed by atoms with Crippen LogP contribution in [0.1, 0.15) is 45.1 Å². The molecule has 0 saturated carbocycles. The summed E-state index contributed by atoms with van der Waals surface area (Å²) in [4.78, 5) is 0. The van der Waals surface area contributed by atoms with Crippen LogP contribution in [0.15, 0.2) is 24.3 Å². The topological polar surface area (TPSA) is 12.0 Å². The van der Waals surface area contributed by atoms with Crippen LogP contribution in [0.5, 0.6) is 0 Å². The van der Waals surface area contributed by atoms with E-state index in [1.807, 2.05) is 0 Å². The molecule has 0 spiro atoms. The van der Waals surface area contributed by atoms with Crippen LogP contribution in [0.2, 0.25) is 0 Å². The van der Waals surface area contributed by atoms with Gasteiger partial charge >= 0.3 is 0 Å². The number of benzene rings is 1. The average molecular weight is 249 g/mol. The fourth-order valence-electron chi connectivity index (χ4n) is 2.44. The van der Waals surface area contributed by atoms with Crippen LogP contribution in [-0.4, -0.2) is 17.0 Å². The summed E-state index contributed by atoms with van der Waals surface area (Å²) in [5, 5.41) is 4.49. The van der Waals surface area contributed by atoms with E-state index in [9.17, 15) is 0 Å².